The van der Waals surface area contributed by atoms with Crippen molar-refractivity contribution in [3.05, 3.63) is 6.07 Å². The Balaban J connectivity index is 2.88. The molecule has 0 aromatic carbocycles. The third-order valence-electron chi connectivity index (χ3n) is 2.80. The average Bonchev–Trinajstić information content (AvgIpc) is 2.37. The summed E-state index contributed by atoms with van der Waals surface area (Å²) in [6.07, 6.45) is 3.18. The number of nitrogens with one attached hydrogen (secondary N) is 1. The van der Waals surface area contributed by atoms with Gasteiger partial charge in [-0.1, -0.05) is 32.0 Å². The van der Waals surface area contributed by atoms with Gasteiger partial charge in [-0.2, -0.15) is 0 Å². The molecule has 0 spiro atoms. The number of hydrogen-bond donors (Lipinski definition) is 1. The third-order valence-corrected chi connectivity index (χ3v) is 3.35. The number of hydrogen-bond acceptors (Lipinski definition) is 5. The predicted octanol–water partition coefficient (Wildman–Crippen LogP) is 2.72. The Hall–Kier alpha value is -0.970. The fraction of sp³-hybridized carbons (Fsp3) is 0.667. The zero-order valence-electron chi connectivity index (χ0n) is 11.3. The van der Waals surface area contributed by atoms with Crippen molar-refractivity contribution >= 4 is 23.4 Å². The lowest BCUT2D eigenvalue weighted by atomic mass is 10.1. The molecule has 5 heteroatoms. The first-order valence-corrected chi connectivity index (χ1v) is 7.15. The van der Waals surface area contributed by atoms with Gasteiger partial charge in [0.05, 0.1) is 0 Å². The van der Waals surface area contributed by atoms with E-state index in [-0.39, 0.29) is 0 Å². The summed E-state index contributed by atoms with van der Waals surface area (Å²) in [5.74, 6) is 2.52. The highest BCUT2D eigenvalue weighted by Crippen LogP contribution is 2.20. The van der Waals surface area contributed by atoms with Crippen LogP contribution in [-0.2, 0) is 0 Å². The Morgan fingerprint density at radius 3 is 2.71 bits per heavy atom. The molecule has 0 aliphatic carbocycles. The molecule has 0 fully saturated rings. The predicted molar refractivity (Wildman–Crippen MR) is 76.1 cm³/mol. The molecule has 1 N–H and O–H groups in total. The van der Waals surface area contributed by atoms with Crippen molar-refractivity contribution < 1.29 is 0 Å². The van der Waals surface area contributed by atoms with Gasteiger partial charge >= 0.3 is 0 Å². The molecule has 1 heterocycles. The molecule has 0 saturated heterocycles. The highest BCUT2D eigenvalue weighted by molar-refractivity contribution is 7.98. The normalized spacial score (nSPS) is 12.3. The number of thioether (sulfide) groups is 1. The summed E-state index contributed by atoms with van der Waals surface area (Å²) >= 11 is 1.57. The van der Waals surface area contributed by atoms with Gasteiger partial charge < -0.3 is 10.2 Å². The summed E-state index contributed by atoms with van der Waals surface area (Å²) < 4.78 is 0. The molecule has 0 saturated carbocycles. The van der Waals surface area contributed by atoms with E-state index in [1.165, 1.54) is 6.42 Å². The zero-order chi connectivity index (χ0) is 12.8. The van der Waals surface area contributed by atoms with Crippen LogP contribution in [0.25, 0.3) is 0 Å². The quantitative estimate of drug-likeness (QED) is 0.624. The largest absolute Gasteiger partial charge is 0.373 e. The molecule has 96 valence electrons. The topological polar surface area (TPSA) is 41.0 Å². The molecular formula is C12H22N4S. The van der Waals surface area contributed by atoms with Gasteiger partial charge in [-0.05, 0) is 12.2 Å². The molecule has 4 nitrogen and oxygen atoms in total. The Kier molecular flexibility index (Phi) is 5.55. The first-order chi connectivity index (χ1) is 8.10. The number of aromatic nitrogens is 2. The second-order valence-electron chi connectivity index (χ2n) is 4.24. The van der Waals surface area contributed by atoms with E-state index in [4.69, 9.17) is 0 Å². The van der Waals surface area contributed by atoms with Gasteiger partial charge in [0.2, 0.25) is 0 Å². The average molecular weight is 254 g/mol. The van der Waals surface area contributed by atoms with Crippen molar-refractivity contribution in [2.24, 2.45) is 5.92 Å². The summed E-state index contributed by atoms with van der Waals surface area (Å²) in [4.78, 5) is 11.1. The van der Waals surface area contributed by atoms with Gasteiger partial charge in [0.25, 0.3) is 0 Å². The Morgan fingerprint density at radius 2 is 2.18 bits per heavy atom. The van der Waals surface area contributed by atoms with E-state index in [2.05, 4.69) is 41.1 Å². The SMILES string of the molecule is CCC(C)CN(C)c1cc(NC)nc(SC)n1. The maximum atomic E-state index is 4.52. The molecule has 1 aromatic heterocycles. The van der Waals surface area contributed by atoms with Gasteiger partial charge in [-0.3, -0.25) is 0 Å². The minimum atomic E-state index is 0.672. The van der Waals surface area contributed by atoms with Gasteiger partial charge in [0, 0.05) is 26.7 Å². The highest BCUT2D eigenvalue weighted by Gasteiger charge is 2.09. The van der Waals surface area contributed by atoms with E-state index >= 15 is 0 Å². The lowest BCUT2D eigenvalue weighted by Gasteiger charge is -2.22. The molecule has 0 bridgehead atoms. The molecule has 0 radical (unpaired) electrons. The lowest BCUT2D eigenvalue weighted by Crippen LogP contribution is -2.24. The number of rotatable bonds is 6. The molecule has 0 aliphatic rings. The monoisotopic (exact) mass is 254 g/mol. The van der Waals surface area contributed by atoms with Crippen LogP contribution in [0, 0.1) is 5.92 Å². The van der Waals surface area contributed by atoms with Crippen LogP contribution in [0.1, 0.15) is 20.3 Å². The fourth-order valence-corrected chi connectivity index (χ4v) is 1.89. The van der Waals surface area contributed by atoms with Crippen LogP contribution in [0.15, 0.2) is 11.2 Å². The van der Waals surface area contributed by atoms with E-state index in [0.29, 0.717) is 5.92 Å². The summed E-state index contributed by atoms with van der Waals surface area (Å²) in [6, 6.07) is 1.99. The standard InChI is InChI=1S/C12H22N4S/c1-6-9(2)8-16(4)11-7-10(13-3)14-12(15-11)17-5/h7,9H,6,8H2,1-5H3,(H,13,14,15). The molecule has 0 aliphatic heterocycles. The zero-order valence-corrected chi connectivity index (χ0v) is 12.1. The van der Waals surface area contributed by atoms with E-state index in [0.717, 1.165) is 23.3 Å². The van der Waals surface area contributed by atoms with Gasteiger partial charge in [0.1, 0.15) is 11.6 Å². The summed E-state index contributed by atoms with van der Waals surface area (Å²) in [6.45, 7) is 5.49. The van der Waals surface area contributed by atoms with Gasteiger partial charge in [-0.25, -0.2) is 9.97 Å². The maximum Gasteiger partial charge on any atom is 0.191 e. The van der Waals surface area contributed by atoms with E-state index in [1.54, 1.807) is 11.8 Å². The lowest BCUT2D eigenvalue weighted by molar-refractivity contribution is 0.556. The second-order valence-corrected chi connectivity index (χ2v) is 5.02. The van der Waals surface area contributed by atoms with Crippen LogP contribution in [0.3, 0.4) is 0 Å². The molecule has 1 atom stereocenters. The van der Waals surface area contributed by atoms with Crippen molar-refractivity contribution in [2.75, 3.05) is 37.1 Å². The minimum absolute atomic E-state index is 0.672. The maximum absolute atomic E-state index is 4.52. The van der Waals surface area contributed by atoms with Crippen molar-refractivity contribution in [3.8, 4) is 0 Å². The second kappa shape index (κ2) is 6.69. The van der Waals surface area contributed by atoms with Crippen LogP contribution in [0.5, 0.6) is 0 Å². The Morgan fingerprint density at radius 1 is 1.47 bits per heavy atom. The van der Waals surface area contributed by atoms with Crippen LogP contribution in [0.4, 0.5) is 11.6 Å². The smallest absolute Gasteiger partial charge is 0.191 e. The van der Waals surface area contributed by atoms with E-state index < -0.39 is 0 Å². The van der Waals surface area contributed by atoms with Crippen LogP contribution in [0.2, 0.25) is 0 Å². The van der Waals surface area contributed by atoms with Gasteiger partial charge in [-0.15, -0.1) is 0 Å². The van der Waals surface area contributed by atoms with Crippen LogP contribution < -0.4 is 10.2 Å². The molecular weight excluding hydrogens is 232 g/mol. The van der Waals surface area contributed by atoms with Crippen LogP contribution >= 0.6 is 11.8 Å². The third kappa shape index (κ3) is 4.07. The minimum Gasteiger partial charge on any atom is -0.373 e. The summed E-state index contributed by atoms with van der Waals surface area (Å²) in [5, 5.41) is 3.88. The summed E-state index contributed by atoms with van der Waals surface area (Å²) in [7, 11) is 3.96. The molecule has 1 aromatic rings. The molecule has 17 heavy (non-hydrogen) atoms. The van der Waals surface area contributed by atoms with Crippen LogP contribution in [-0.4, -0.2) is 36.9 Å². The van der Waals surface area contributed by atoms with Crippen molar-refractivity contribution in [1.82, 2.24) is 9.97 Å². The number of anilines is 2. The Labute approximate surface area is 108 Å². The molecule has 0 amide bonds. The molecule has 1 unspecified atom stereocenters. The van der Waals surface area contributed by atoms with Crippen molar-refractivity contribution in [1.29, 1.82) is 0 Å². The Bertz CT molecular complexity index is 334. The highest BCUT2D eigenvalue weighted by atomic mass is 32.2. The fourth-order valence-electron chi connectivity index (χ4n) is 1.52. The van der Waals surface area contributed by atoms with Gasteiger partial charge in [0.15, 0.2) is 5.16 Å². The van der Waals surface area contributed by atoms with Crippen molar-refractivity contribution in [3.63, 3.8) is 0 Å². The number of nitrogens with zero attached hydrogens (tertiary/aromatic N) is 3. The van der Waals surface area contributed by atoms with E-state index in [9.17, 15) is 0 Å². The molecule has 1 rings (SSSR count). The van der Waals surface area contributed by atoms with E-state index in [1.807, 2.05) is 19.4 Å². The first-order valence-electron chi connectivity index (χ1n) is 5.92. The first kappa shape index (κ1) is 14.1. The van der Waals surface area contributed by atoms with Crippen molar-refractivity contribution in [2.45, 2.75) is 25.4 Å². The summed E-state index contributed by atoms with van der Waals surface area (Å²) in [5.41, 5.74) is 0.